The number of imide groups is 1. The Hall–Kier alpha value is -2.46. The number of benzene rings is 1. The van der Waals surface area contributed by atoms with Gasteiger partial charge in [-0.05, 0) is 57.9 Å². The van der Waals surface area contributed by atoms with E-state index in [1.807, 2.05) is 0 Å². The molecule has 1 aliphatic rings. The third-order valence-corrected chi connectivity index (χ3v) is 5.78. The topological polar surface area (TPSA) is 122 Å². The molecule has 0 spiro atoms. The van der Waals surface area contributed by atoms with Gasteiger partial charge in [0.2, 0.25) is 10.0 Å². The van der Waals surface area contributed by atoms with Gasteiger partial charge in [-0.25, -0.2) is 18.0 Å². The zero-order chi connectivity index (χ0) is 20.9. The molecule has 1 heterocycles. The molecule has 0 unspecified atom stereocenters. The third-order valence-electron chi connectivity index (χ3n) is 3.87. The van der Waals surface area contributed by atoms with Crippen molar-refractivity contribution in [2.45, 2.75) is 44.0 Å². The first kappa shape index (κ1) is 21.8. The van der Waals surface area contributed by atoms with E-state index in [2.05, 4.69) is 10.6 Å². The summed E-state index contributed by atoms with van der Waals surface area (Å²) >= 11 is 0. The van der Waals surface area contributed by atoms with Crippen molar-refractivity contribution in [3.8, 4) is 0 Å². The molecule has 3 amide bonds. The summed E-state index contributed by atoms with van der Waals surface area (Å²) in [7, 11) is -3.56. The molecule has 0 radical (unpaired) electrons. The number of rotatable bonds is 5. The molecule has 0 atom stereocenters. The second-order valence-corrected chi connectivity index (χ2v) is 9.40. The number of hydrogen-bond donors (Lipinski definition) is 2. The van der Waals surface area contributed by atoms with E-state index in [0.29, 0.717) is 13.1 Å². The van der Waals surface area contributed by atoms with Crippen LogP contribution in [0.3, 0.4) is 0 Å². The van der Waals surface area contributed by atoms with Gasteiger partial charge in [-0.1, -0.05) is 0 Å². The van der Waals surface area contributed by atoms with Gasteiger partial charge in [-0.3, -0.25) is 10.1 Å². The summed E-state index contributed by atoms with van der Waals surface area (Å²) in [5.41, 5.74) is -0.412. The highest BCUT2D eigenvalue weighted by Crippen LogP contribution is 2.21. The highest BCUT2D eigenvalue weighted by Gasteiger charge is 2.27. The van der Waals surface area contributed by atoms with Crippen molar-refractivity contribution in [3.63, 3.8) is 0 Å². The van der Waals surface area contributed by atoms with Gasteiger partial charge >= 0.3 is 12.0 Å². The van der Waals surface area contributed by atoms with Crippen LogP contribution in [0.5, 0.6) is 0 Å². The summed E-state index contributed by atoms with van der Waals surface area (Å²) in [4.78, 5) is 35.4. The number of nitrogens with zero attached hydrogens (tertiary/aromatic N) is 1. The zero-order valence-corrected chi connectivity index (χ0v) is 17.0. The summed E-state index contributed by atoms with van der Waals surface area (Å²) < 4.78 is 31.2. The smallest absolute Gasteiger partial charge is 0.338 e. The summed E-state index contributed by atoms with van der Waals surface area (Å²) in [5.74, 6) is -1.57. The van der Waals surface area contributed by atoms with E-state index in [4.69, 9.17) is 4.74 Å². The SMILES string of the molecule is CC(C)(C)NC(=O)NC(=O)COC(=O)c1ccc(S(=O)(=O)N2CCCC2)cc1. The minimum atomic E-state index is -3.56. The maximum atomic E-state index is 12.5. The van der Waals surface area contributed by atoms with E-state index in [9.17, 15) is 22.8 Å². The van der Waals surface area contributed by atoms with Crippen molar-refractivity contribution in [2.24, 2.45) is 0 Å². The summed E-state index contributed by atoms with van der Waals surface area (Å²) in [6.45, 7) is 5.61. The predicted molar refractivity (Wildman–Crippen MR) is 101 cm³/mol. The maximum absolute atomic E-state index is 12.5. The van der Waals surface area contributed by atoms with Gasteiger partial charge in [0.15, 0.2) is 6.61 Å². The van der Waals surface area contributed by atoms with Gasteiger partial charge < -0.3 is 10.1 Å². The van der Waals surface area contributed by atoms with Gasteiger partial charge in [0.25, 0.3) is 5.91 Å². The highest BCUT2D eigenvalue weighted by molar-refractivity contribution is 7.89. The standard InChI is InChI=1S/C18H25N3O6S/c1-18(2,3)20-17(24)19-15(22)12-27-16(23)13-6-8-14(9-7-13)28(25,26)21-10-4-5-11-21/h6-9H,4-5,10-12H2,1-3H3,(H2,19,20,22,24). The maximum Gasteiger partial charge on any atom is 0.338 e. The van der Waals surface area contributed by atoms with Gasteiger partial charge in [0, 0.05) is 18.6 Å². The van der Waals surface area contributed by atoms with Crippen LogP contribution >= 0.6 is 0 Å². The van der Waals surface area contributed by atoms with Crippen LogP contribution in [0.4, 0.5) is 4.79 Å². The number of ether oxygens (including phenoxy) is 1. The van der Waals surface area contributed by atoms with Crippen molar-refractivity contribution in [1.29, 1.82) is 0 Å². The lowest BCUT2D eigenvalue weighted by molar-refractivity contribution is -0.123. The van der Waals surface area contributed by atoms with Crippen LogP contribution in [0.15, 0.2) is 29.2 Å². The molecule has 1 aromatic carbocycles. The summed E-state index contributed by atoms with van der Waals surface area (Å²) in [5, 5.41) is 4.59. The van der Waals surface area contributed by atoms with Gasteiger partial charge in [0.1, 0.15) is 0 Å². The third kappa shape index (κ3) is 6.03. The number of carbonyl (C=O) groups is 3. The Labute approximate surface area is 164 Å². The Morgan fingerprint density at radius 1 is 1.07 bits per heavy atom. The molecule has 0 saturated carbocycles. The summed E-state index contributed by atoms with van der Waals surface area (Å²) in [6, 6.07) is 4.64. The lowest BCUT2D eigenvalue weighted by Crippen LogP contribution is -2.49. The average molecular weight is 411 g/mol. The fourth-order valence-corrected chi connectivity index (χ4v) is 4.11. The molecule has 1 saturated heterocycles. The molecule has 28 heavy (non-hydrogen) atoms. The molecular formula is C18H25N3O6S. The molecule has 0 aromatic heterocycles. The van der Waals surface area contributed by atoms with E-state index in [-0.39, 0.29) is 10.5 Å². The number of carbonyl (C=O) groups excluding carboxylic acids is 3. The van der Waals surface area contributed by atoms with Crippen LogP contribution in [-0.2, 0) is 19.6 Å². The van der Waals surface area contributed by atoms with E-state index in [1.54, 1.807) is 20.8 Å². The minimum Gasteiger partial charge on any atom is -0.452 e. The van der Waals surface area contributed by atoms with Crippen molar-refractivity contribution in [1.82, 2.24) is 14.9 Å². The molecule has 2 N–H and O–H groups in total. The normalized spacial score (nSPS) is 15.1. The first-order valence-electron chi connectivity index (χ1n) is 8.88. The second kappa shape index (κ2) is 8.70. The lowest BCUT2D eigenvalue weighted by Gasteiger charge is -2.20. The first-order valence-corrected chi connectivity index (χ1v) is 10.3. The minimum absolute atomic E-state index is 0.0996. The molecule has 1 fully saturated rings. The van der Waals surface area contributed by atoms with Crippen LogP contribution in [0.25, 0.3) is 0 Å². The number of hydrogen-bond acceptors (Lipinski definition) is 6. The highest BCUT2D eigenvalue weighted by atomic mass is 32.2. The average Bonchev–Trinajstić information content (AvgIpc) is 3.13. The van der Waals surface area contributed by atoms with Crippen molar-refractivity contribution < 1.29 is 27.5 Å². The Bertz CT molecular complexity index is 837. The van der Waals surface area contributed by atoms with Gasteiger partial charge in [-0.15, -0.1) is 0 Å². The van der Waals surface area contributed by atoms with E-state index < -0.39 is 40.1 Å². The molecule has 2 rings (SSSR count). The molecule has 154 valence electrons. The largest absolute Gasteiger partial charge is 0.452 e. The van der Waals surface area contributed by atoms with Crippen LogP contribution in [-0.4, -0.2) is 55.9 Å². The molecule has 0 bridgehead atoms. The Morgan fingerprint density at radius 2 is 1.64 bits per heavy atom. The van der Waals surface area contributed by atoms with Crippen LogP contribution in [0.1, 0.15) is 44.0 Å². The molecule has 10 heteroatoms. The fourth-order valence-electron chi connectivity index (χ4n) is 2.59. The van der Waals surface area contributed by atoms with Crippen molar-refractivity contribution in [3.05, 3.63) is 29.8 Å². The number of sulfonamides is 1. The van der Waals surface area contributed by atoms with Crippen LogP contribution in [0, 0.1) is 0 Å². The number of esters is 1. The van der Waals surface area contributed by atoms with E-state index in [0.717, 1.165) is 12.8 Å². The van der Waals surface area contributed by atoms with E-state index in [1.165, 1.54) is 28.6 Å². The Balaban J connectivity index is 1.89. The first-order chi connectivity index (χ1) is 13.0. The van der Waals surface area contributed by atoms with Gasteiger partial charge in [0.05, 0.1) is 10.5 Å². The Morgan fingerprint density at radius 3 is 2.18 bits per heavy atom. The molecule has 9 nitrogen and oxygen atoms in total. The van der Waals surface area contributed by atoms with E-state index >= 15 is 0 Å². The lowest BCUT2D eigenvalue weighted by atomic mass is 10.1. The molecule has 1 aromatic rings. The predicted octanol–water partition coefficient (Wildman–Crippen LogP) is 1.25. The molecular weight excluding hydrogens is 386 g/mol. The van der Waals surface area contributed by atoms with Crippen molar-refractivity contribution >= 4 is 27.9 Å². The Kier molecular flexibility index (Phi) is 6.78. The fraction of sp³-hybridized carbons (Fsp3) is 0.500. The monoisotopic (exact) mass is 411 g/mol. The molecule has 0 aliphatic carbocycles. The molecule has 1 aliphatic heterocycles. The van der Waals surface area contributed by atoms with Crippen molar-refractivity contribution in [2.75, 3.05) is 19.7 Å². The number of nitrogens with one attached hydrogen (secondary N) is 2. The summed E-state index contributed by atoms with van der Waals surface area (Å²) in [6.07, 6.45) is 1.67. The van der Waals surface area contributed by atoms with Gasteiger partial charge in [-0.2, -0.15) is 4.31 Å². The van der Waals surface area contributed by atoms with Crippen LogP contribution in [0.2, 0.25) is 0 Å². The number of amides is 3. The quantitative estimate of drug-likeness (QED) is 0.703. The second-order valence-electron chi connectivity index (χ2n) is 7.46. The van der Waals surface area contributed by atoms with Crippen LogP contribution < -0.4 is 10.6 Å². The number of urea groups is 1. The zero-order valence-electron chi connectivity index (χ0n) is 16.1.